The number of aryl methyl sites for hydroxylation is 1. The third-order valence-electron chi connectivity index (χ3n) is 3.16. The topological polar surface area (TPSA) is 43.4 Å². The first-order valence-electron chi connectivity index (χ1n) is 7.16. The normalized spacial score (nSPS) is 10.6. The number of benzene rings is 2. The second kappa shape index (κ2) is 7.36. The van der Waals surface area contributed by atoms with Gasteiger partial charge in [0.15, 0.2) is 5.78 Å². The van der Waals surface area contributed by atoms with E-state index in [1.165, 1.54) is 6.08 Å². The number of carbonyl (C=O) groups excluding carboxylic acids is 2. The number of esters is 1. The number of hydrogen-bond acceptors (Lipinski definition) is 3. The first-order valence-corrected chi connectivity index (χ1v) is 7.16. The van der Waals surface area contributed by atoms with Crippen molar-refractivity contribution >= 4 is 17.8 Å². The Labute approximate surface area is 130 Å². The summed E-state index contributed by atoms with van der Waals surface area (Å²) in [6, 6.07) is 14.6. The van der Waals surface area contributed by atoms with Crippen molar-refractivity contribution < 1.29 is 14.3 Å². The molecule has 0 aliphatic rings. The van der Waals surface area contributed by atoms with E-state index in [-0.39, 0.29) is 5.78 Å². The molecule has 0 aliphatic heterocycles. The third kappa shape index (κ3) is 4.16. The van der Waals surface area contributed by atoms with E-state index in [9.17, 15) is 9.59 Å². The van der Waals surface area contributed by atoms with Gasteiger partial charge in [-0.3, -0.25) is 4.79 Å². The number of carbonyl (C=O) groups is 2. The molecule has 2 aromatic rings. The van der Waals surface area contributed by atoms with E-state index in [2.05, 4.69) is 0 Å². The number of rotatable bonds is 5. The van der Waals surface area contributed by atoms with Gasteiger partial charge in [-0.2, -0.15) is 0 Å². The molecule has 3 heteroatoms. The Kier molecular flexibility index (Phi) is 5.26. The van der Waals surface area contributed by atoms with E-state index in [1.54, 1.807) is 31.2 Å². The average molecular weight is 294 g/mol. The molecule has 0 amide bonds. The van der Waals surface area contributed by atoms with Gasteiger partial charge in [0, 0.05) is 17.2 Å². The maximum absolute atomic E-state index is 12.4. The second-order valence-corrected chi connectivity index (χ2v) is 4.91. The fraction of sp³-hybridized carbons (Fsp3) is 0.158. The molecule has 0 unspecified atom stereocenters. The van der Waals surface area contributed by atoms with Crippen molar-refractivity contribution in [2.45, 2.75) is 13.8 Å². The molecular weight excluding hydrogens is 276 g/mol. The van der Waals surface area contributed by atoms with Gasteiger partial charge in [0.1, 0.15) is 0 Å². The lowest BCUT2D eigenvalue weighted by Gasteiger charge is -2.03. The maximum Gasteiger partial charge on any atom is 0.330 e. The standard InChI is InChI=1S/C19H18O3/c1-3-22-18(20)12-9-15-5-4-6-17(13-15)19(21)16-10-7-14(2)8-11-16/h4-13H,3H2,1-2H3. The van der Waals surface area contributed by atoms with Gasteiger partial charge in [-0.25, -0.2) is 4.79 Å². The predicted octanol–water partition coefficient (Wildman–Crippen LogP) is 3.80. The Morgan fingerprint density at radius 3 is 2.45 bits per heavy atom. The monoisotopic (exact) mass is 294 g/mol. The summed E-state index contributed by atoms with van der Waals surface area (Å²) in [7, 11) is 0. The van der Waals surface area contributed by atoms with Gasteiger partial charge >= 0.3 is 5.97 Å². The summed E-state index contributed by atoms with van der Waals surface area (Å²) in [6.07, 6.45) is 3.00. The Morgan fingerprint density at radius 1 is 1.05 bits per heavy atom. The molecule has 0 atom stereocenters. The minimum Gasteiger partial charge on any atom is -0.463 e. The van der Waals surface area contributed by atoms with Gasteiger partial charge in [-0.05, 0) is 31.6 Å². The van der Waals surface area contributed by atoms with Crippen molar-refractivity contribution in [2.24, 2.45) is 0 Å². The fourth-order valence-corrected chi connectivity index (χ4v) is 2.01. The SMILES string of the molecule is CCOC(=O)C=Cc1cccc(C(=O)c2ccc(C)cc2)c1. The Morgan fingerprint density at radius 2 is 1.77 bits per heavy atom. The van der Waals surface area contributed by atoms with Crippen LogP contribution in [-0.4, -0.2) is 18.4 Å². The zero-order chi connectivity index (χ0) is 15.9. The van der Waals surface area contributed by atoms with Crippen LogP contribution >= 0.6 is 0 Å². The molecule has 0 aromatic heterocycles. The van der Waals surface area contributed by atoms with Crippen molar-refractivity contribution in [3.8, 4) is 0 Å². The van der Waals surface area contributed by atoms with Gasteiger partial charge in [-0.15, -0.1) is 0 Å². The van der Waals surface area contributed by atoms with Crippen molar-refractivity contribution in [2.75, 3.05) is 6.61 Å². The number of hydrogen-bond donors (Lipinski definition) is 0. The second-order valence-electron chi connectivity index (χ2n) is 4.91. The summed E-state index contributed by atoms with van der Waals surface area (Å²) in [6.45, 7) is 4.08. The summed E-state index contributed by atoms with van der Waals surface area (Å²) in [5.74, 6) is -0.427. The molecule has 3 nitrogen and oxygen atoms in total. The zero-order valence-electron chi connectivity index (χ0n) is 12.7. The van der Waals surface area contributed by atoms with E-state index < -0.39 is 5.97 Å². The highest BCUT2D eigenvalue weighted by molar-refractivity contribution is 6.09. The van der Waals surface area contributed by atoms with Gasteiger partial charge < -0.3 is 4.74 Å². The van der Waals surface area contributed by atoms with Crippen LogP contribution in [-0.2, 0) is 9.53 Å². The fourth-order valence-electron chi connectivity index (χ4n) is 2.01. The Balaban J connectivity index is 2.19. The summed E-state index contributed by atoms with van der Waals surface area (Å²) in [5.41, 5.74) is 3.14. The average Bonchev–Trinajstić information content (AvgIpc) is 2.53. The van der Waals surface area contributed by atoms with Crippen LogP contribution in [0.3, 0.4) is 0 Å². The molecular formula is C19H18O3. The zero-order valence-corrected chi connectivity index (χ0v) is 12.7. The molecule has 0 heterocycles. The molecule has 0 fully saturated rings. The van der Waals surface area contributed by atoms with Crippen LogP contribution in [0.4, 0.5) is 0 Å². The lowest BCUT2D eigenvalue weighted by atomic mass is 10.0. The van der Waals surface area contributed by atoms with Crippen LogP contribution in [0.2, 0.25) is 0 Å². The highest BCUT2D eigenvalue weighted by Crippen LogP contribution is 2.13. The van der Waals surface area contributed by atoms with E-state index in [4.69, 9.17) is 4.74 Å². The van der Waals surface area contributed by atoms with Crippen LogP contribution in [0, 0.1) is 6.92 Å². The summed E-state index contributed by atoms with van der Waals surface area (Å²) >= 11 is 0. The first kappa shape index (κ1) is 15.7. The highest BCUT2D eigenvalue weighted by Gasteiger charge is 2.08. The van der Waals surface area contributed by atoms with E-state index in [0.29, 0.717) is 17.7 Å². The molecule has 0 aliphatic carbocycles. The smallest absolute Gasteiger partial charge is 0.330 e. The minimum atomic E-state index is -0.391. The van der Waals surface area contributed by atoms with Crippen LogP contribution in [0.15, 0.2) is 54.6 Å². The van der Waals surface area contributed by atoms with Crippen molar-refractivity contribution in [1.29, 1.82) is 0 Å². The quantitative estimate of drug-likeness (QED) is 0.478. The highest BCUT2D eigenvalue weighted by atomic mass is 16.5. The van der Waals surface area contributed by atoms with Gasteiger partial charge in [0.05, 0.1) is 6.61 Å². The van der Waals surface area contributed by atoms with E-state index >= 15 is 0 Å². The van der Waals surface area contributed by atoms with Crippen LogP contribution < -0.4 is 0 Å². The molecule has 0 radical (unpaired) electrons. The molecule has 0 saturated carbocycles. The van der Waals surface area contributed by atoms with Crippen LogP contribution in [0.1, 0.15) is 34.0 Å². The molecule has 0 bridgehead atoms. The number of ketones is 1. The van der Waals surface area contributed by atoms with Gasteiger partial charge in [-0.1, -0.05) is 48.0 Å². The molecule has 0 saturated heterocycles. The maximum atomic E-state index is 12.4. The first-order chi connectivity index (χ1) is 10.6. The molecule has 22 heavy (non-hydrogen) atoms. The molecule has 2 rings (SSSR count). The van der Waals surface area contributed by atoms with E-state index in [0.717, 1.165) is 11.1 Å². The molecule has 0 N–H and O–H groups in total. The van der Waals surface area contributed by atoms with E-state index in [1.807, 2.05) is 37.3 Å². The van der Waals surface area contributed by atoms with Crippen molar-refractivity contribution in [3.63, 3.8) is 0 Å². The predicted molar refractivity (Wildman–Crippen MR) is 86.7 cm³/mol. The van der Waals surface area contributed by atoms with Crippen molar-refractivity contribution in [1.82, 2.24) is 0 Å². The third-order valence-corrected chi connectivity index (χ3v) is 3.16. The Bertz CT molecular complexity index is 697. The number of ether oxygens (including phenoxy) is 1. The summed E-state index contributed by atoms with van der Waals surface area (Å²) in [4.78, 5) is 23.7. The van der Waals surface area contributed by atoms with Crippen molar-refractivity contribution in [3.05, 3.63) is 76.9 Å². The summed E-state index contributed by atoms with van der Waals surface area (Å²) < 4.78 is 4.83. The largest absolute Gasteiger partial charge is 0.463 e. The van der Waals surface area contributed by atoms with Gasteiger partial charge in [0.25, 0.3) is 0 Å². The molecule has 0 spiro atoms. The minimum absolute atomic E-state index is 0.0358. The van der Waals surface area contributed by atoms with Crippen LogP contribution in [0.25, 0.3) is 6.08 Å². The molecule has 2 aromatic carbocycles. The lowest BCUT2D eigenvalue weighted by Crippen LogP contribution is -2.01. The molecule has 112 valence electrons. The summed E-state index contributed by atoms with van der Waals surface area (Å²) in [5, 5.41) is 0. The Hall–Kier alpha value is -2.68. The van der Waals surface area contributed by atoms with Gasteiger partial charge in [0.2, 0.25) is 0 Å². The van der Waals surface area contributed by atoms with Crippen LogP contribution in [0.5, 0.6) is 0 Å². The lowest BCUT2D eigenvalue weighted by molar-refractivity contribution is -0.137.